The molecule has 0 aliphatic carbocycles. The predicted octanol–water partition coefficient (Wildman–Crippen LogP) is 4.25. The fourth-order valence-corrected chi connectivity index (χ4v) is 1.80. The first-order chi connectivity index (χ1) is 10.8. The topological polar surface area (TPSA) is 38.3 Å². The average Bonchev–Trinajstić information content (AvgIpc) is 2.49. The molecule has 0 aliphatic rings. The maximum atomic E-state index is 13.4. The monoisotopic (exact) mass is 327 g/mol. The summed E-state index contributed by atoms with van der Waals surface area (Å²) >= 11 is 0. The molecule has 1 atom stereocenters. The Morgan fingerprint density at radius 3 is 2.48 bits per heavy atom. The van der Waals surface area contributed by atoms with Crippen LogP contribution in [0.15, 0.2) is 48.5 Å². The molecule has 0 bridgehead atoms. The standard InChI is InChI=1S/C16H13F4NO2/c1-10(23-14-8-3-2-7-13(14)17)15(22)21-12-6-4-5-11(9-12)16(18,19)20/h2-10H,1H3,(H,21,22)/t10-/m0/s1. The molecule has 0 saturated carbocycles. The van der Waals surface area contributed by atoms with Crippen LogP contribution in [0, 0.1) is 5.82 Å². The predicted molar refractivity (Wildman–Crippen MR) is 76.6 cm³/mol. The number of ether oxygens (including phenoxy) is 1. The first kappa shape index (κ1) is 16.8. The molecule has 0 saturated heterocycles. The number of nitrogens with one attached hydrogen (secondary N) is 1. The zero-order chi connectivity index (χ0) is 17.0. The van der Waals surface area contributed by atoms with Gasteiger partial charge in [0.2, 0.25) is 0 Å². The minimum Gasteiger partial charge on any atom is -0.478 e. The van der Waals surface area contributed by atoms with Crippen LogP contribution in [0.4, 0.5) is 23.2 Å². The molecular formula is C16H13F4NO2. The maximum Gasteiger partial charge on any atom is 0.416 e. The van der Waals surface area contributed by atoms with Gasteiger partial charge in [0.05, 0.1) is 5.56 Å². The van der Waals surface area contributed by atoms with Gasteiger partial charge in [-0.05, 0) is 37.3 Å². The maximum absolute atomic E-state index is 13.4. The number of hydrogen-bond acceptors (Lipinski definition) is 2. The number of anilines is 1. The van der Waals surface area contributed by atoms with E-state index in [0.29, 0.717) is 0 Å². The first-order valence-electron chi connectivity index (χ1n) is 6.66. The molecule has 0 spiro atoms. The van der Waals surface area contributed by atoms with Gasteiger partial charge < -0.3 is 10.1 Å². The van der Waals surface area contributed by atoms with E-state index in [1.165, 1.54) is 43.3 Å². The quantitative estimate of drug-likeness (QED) is 0.853. The minimum absolute atomic E-state index is 0.0196. The van der Waals surface area contributed by atoms with E-state index in [-0.39, 0.29) is 11.4 Å². The molecule has 0 unspecified atom stereocenters. The number of alkyl halides is 3. The molecule has 7 heteroatoms. The molecule has 0 fully saturated rings. The van der Waals surface area contributed by atoms with Crippen LogP contribution < -0.4 is 10.1 Å². The third kappa shape index (κ3) is 4.45. The highest BCUT2D eigenvalue weighted by Gasteiger charge is 2.30. The van der Waals surface area contributed by atoms with Crippen LogP contribution in [0.25, 0.3) is 0 Å². The number of para-hydroxylation sites is 1. The minimum atomic E-state index is -4.50. The smallest absolute Gasteiger partial charge is 0.416 e. The summed E-state index contributed by atoms with van der Waals surface area (Å²) in [5.74, 6) is -1.43. The normalized spacial score (nSPS) is 12.6. The summed E-state index contributed by atoms with van der Waals surface area (Å²) in [6, 6.07) is 9.74. The van der Waals surface area contributed by atoms with E-state index < -0.39 is 29.6 Å². The van der Waals surface area contributed by atoms with Gasteiger partial charge >= 0.3 is 6.18 Å². The second-order valence-corrected chi connectivity index (χ2v) is 4.76. The lowest BCUT2D eigenvalue weighted by Gasteiger charge is -2.16. The Bertz CT molecular complexity index is 700. The molecule has 2 aromatic carbocycles. The highest BCUT2D eigenvalue weighted by Crippen LogP contribution is 2.30. The molecule has 1 N–H and O–H groups in total. The Morgan fingerprint density at radius 1 is 1.13 bits per heavy atom. The Hall–Kier alpha value is -2.57. The van der Waals surface area contributed by atoms with Gasteiger partial charge in [0.25, 0.3) is 5.91 Å². The van der Waals surface area contributed by atoms with Gasteiger partial charge in [0.1, 0.15) is 0 Å². The van der Waals surface area contributed by atoms with Crippen LogP contribution in [0.1, 0.15) is 12.5 Å². The SMILES string of the molecule is C[C@H](Oc1ccccc1F)C(=O)Nc1cccc(C(F)(F)F)c1. The number of carbonyl (C=O) groups excluding carboxylic acids is 1. The highest BCUT2D eigenvalue weighted by atomic mass is 19.4. The van der Waals surface area contributed by atoms with Gasteiger partial charge in [0.15, 0.2) is 17.7 Å². The molecule has 122 valence electrons. The zero-order valence-electron chi connectivity index (χ0n) is 12.0. The summed E-state index contributed by atoms with van der Waals surface area (Å²) in [5.41, 5.74) is -0.896. The molecule has 1 amide bonds. The van der Waals surface area contributed by atoms with Crippen LogP contribution in [-0.4, -0.2) is 12.0 Å². The van der Waals surface area contributed by atoms with Crippen molar-refractivity contribution in [3.8, 4) is 5.75 Å². The second-order valence-electron chi connectivity index (χ2n) is 4.76. The molecule has 3 nitrogen and oxygen atoms in total. The van der Waals surface area contributed by atoms with Crippen LogP contribution in [-0.2, 0) is 11.0 Å². The van der Waals surface area contributed by atoms with Crippen molar-refractivity contribution in [2.75, 3.05) is 5.32 Å². The van der Waals surface area contributed by atoms with E-state index in [9.17, 15) is 22.4 Å². The number of amides is 1. The van der Waals surface area contributed by atoms with Gasteiger partial charge in [-0.25, -0.2) is 4.39 Å². The first-order valence-corrected chi connectivity index (χ1v) is 6.66. The largest absolute Gasteiger partial charge is 0.478 e. The van der Waals surface area contributed by atoms with Crippen LogP contribution in [0.5, 0.6) is 5.75 Å². The zero-order valence-corrected chi connectivity index (χ0v) is 12.0. The number of hydrogen-bond donors (Lipinski definition) is 1. The lowest BCUT2D eigenvalue weighted by molar-refractivity contribution is -0.137. The summed E-state index contributed by atoms with van der Waals surface area (Å²) in [6.07, 6.45) is -5.59. The van der Waals surface area contributed by atoms with Gasteiger partial charge in [0, 0.05) is 5.69 Å². The molecular weight excluding hydrogens is 314 g/mol. The van der Waals surface area contributed by atoms with E-state index in [4.69, 9.17) is 4.74 Å². The van der Waals surface area contributed by atoms with Crippen LogP contribution >= 0.6 is 0 Å². The van der Waals surface area contributed by atoms with Gasteiger partial charge in [-0.3, -0.25) is 4.79 Å². The van der Waals surface area contributed by atoms with Gasteiger partial charge in [-0.15, -0.1) is 0 Å². The average molecular weight is 327 g/mol. The lowest BCUT2D eigenvalue weighted by atomic mass is 10.2. The summed E-state index contributed by atoms with van der Waals surface area (Å²) in [6.45, 7) is 1.37. The van der Waals surface area contributed by atoms with E-state index in [1.54, 1.807) is 0 Å². The molecule has 0 aliphatic heterocycles. The van der Waals surface area contributed by atoms with Crippen molar-refractivity contribution in [2.45, 2.75) is 19.2 Å². The Balaban J connectivity index is 2.06. The Morgan fingerprint density at radius 2 is 1.83 bits per heavy atom. The fourth-order valence-electron chi connectivity index (χ4n) is 1.80. The number of benzene rings is 2. The summed E-state index contributed by atoms with van der Waals surface area (Å²) < 4.78 is 56.5. The number of halogens is 4. The molecule has 0 aromatic heterocycles. The Kier molecular flexibility index (Phi) is 4.88. The molecule has 2 rings (SSSR count). The second kappa shape index (κ2) is 6.68. The van der Waals surface area contributed by atoms with Crippen LogP contribution in [0.2, 0.25) is 0 Å². The molecule has 2 aromatic rings. The van der Waals surface area contributed by atoms with Crippen molar-refractivity contribution >= 4 is 11.6 Å². The van der Waals surface area contributed by atoms with Crippen molar-refractivity contribution in [2.24, 2.45) is 0 Å². The van der Waals surface area contributed by atoms with E-state index in [0.717, 1.165) is 12.1 Å². The third-order valence-corrected chi connectivity index (χ3v) is 2.97. The van der Waals surface area contributed by atoms with E-state index >= 15 is 0 Å². The third-order valence-electron chi connectivity index (χ3n) is 2.97. The van der Waals surface area contributed by atoms with Crippen molar-refractivity contribution < 1.29 is 27.1 Å². The summed E-state index contributed by atoms with van der Waals surface area (Å²) in [4.78, 5) is 11.9. The van der Waals surface area contributed by atoms with E-state index in [2.05, 4.69) is 5.32 Å². The molecule has 0 radical (unpaired) electrons. The van der Waals surface area contributed by atoms with Crippen molar-refractivity contribution in [3.63, 3.8) is 0 Å². The van der Waals surface area contributed by atoms with E-state index in [1.807, 2.05) is 0 Å². The summed E-state index contributed by atoms with van der Waals surface area (Å²) in [5, 5.41) is 2.31. The van der Waals surface area contributed by atoms with Crippen molar-refractivity contribution in [1.82, 2.24) is 0 Å². The highest BCUT2D eigenvalue weighted by molar-refractivity contribution is 5.94. The molecule has 23 heavy (non-hydrogen) atoms. The van der Waals surface area contributed by atoms with Gasteiger partial charge in [-0.2, -0.15) is 13.2 Å². The van der Waals surface area contributed by atoms with Gasteiger partial charge in [-0.1, -0.05) is 18.2 Å². The van der Waals surface area contributed by atoms with Crippen LogP contribution in [0.3, 0.4) is 0 Å². The summed E-state index contributed by atoms with van der Waals surface area (Å²) in [7, 11) is 0. The lowest BCUT2D eigenvalue weighted by Crippen LogP contribution is -2.30. The number of carbonyl (C=O) groups is 1. The number of rotatable bonds is 4. The molecule has 0 heterocycles. The van der Waals surface area contributed by atoms with Crippen molar-refractivity contribution in [3.05, 3.63) is 59.9 Å². The Labute approximate surface area is 129 Å². The van der Waals surface area contributed by atoms with Crippen molar-refractivity contribution in [1.29, 1.82) is 0 Å². The fraction of sp³-hybridized carbons (Fsp3) is 0.188.